The zero-order valence-corrected chi connectivity index (χ0v) is 86.4. The zero-order valence-electron chi connectivity index (χ0n) is 77.6. The van der Waals surface area contributed by atoms with Crippen LogP contribution in [-0.2, 0) is 102 Å². The van der Waals surface area contributed by atoms with Gasteiger partial charge in [0.2, 0.25) is 0 Å². The van der Waals surface area contributed by atoms with Crippen molar-refractivity contribution in [2.75, 3.05) is 160 Å². The van der Waals surface area contributed by atoms with E-state index in [1.165, 1.54) is 5.56 Å². The SMILES string of the molecule is CC.CC(C)(C)OC(=O)CBr.COCCOCOc1ccccc1CCC[C@H](CCCCNC(=O)OCC[Si](C)(C)C)NCc1ccccc1OCOCCOC.COCCOCOc1ccccc1CN(CC(=O)OC(C)(C)C)C[C@H](CCCCNC(=O)OCC[Si](C)(C)C)N(CC(=O)OC(C)(C)C)Cc1ccccc1OCOCCOC.[I-].[K+]. The van der Waals surface area contributed by atoms with Crippen LogP contribution in [0.5, 0.6) is 23.0 Å². The summed E-state index contributed by atoms with van der Waals surface area (Å²) in [5.41, 5.74) is 2.15. The molecular formula is C89H152BrIKN5O22Si2. The maximum absolute atomic E-state index is 13.7. The van der Waals surface area contributed by atoms with Gasteiger partial charge in [-0.1, -0.05) is 155 Å². The van der Waals surface area contributed by atoms with Crippen molar-refractivity contribution in [2.45, 2.75) is 234 Å². The number of carbonyl (C=O) groups is 5. The molecule has 121 heavy (non-hydrogen) atoms. The van der Waals surface area contributed by atoms with Crippen LogP contribution in [0, 0.1) is 0 Å². The summed E-state index contributed by atoms with van der Waals surface area (Å²) >= 11 is 2.99. The summed E-state index contributed by atoms with van der Waals surface area (Å²) in [4.78, 5) is 66.6. The van der Waals surface area contributed by atoms with E-state index in [-0.39, 0.29) is 151 Å². The first-order chi connectivity index (χ1) is 56.6. The molecule has 3 N–H and O–H groups in total. The topological polar surface area (TPSA) is 285 Å². The van der Waals surface area contributed by atoms with Crippen molar-refractivity contribution in [2.24, 2.45) is 0 Å². The van der Waals surface area contributed by atoms with Crippen LogP contribution in [0.2, 0.25) is 51.4 Å². The van der Waals surface area contributed by atoms with Gasteiger partial charge in [0.05, 0.1) is 79.2 Å². The van der Waals surface area contributed by atoms with Crippen LogP contribution in [0.1, 0.15) is 150 Å². The summed E-state index contributed by atoms with van der Waals surface area (Å²) in [7, 11) is 3.95. The predicted molar refractivity (Wildman–Crippen MR) is 477 cm³/mol. The predicted octanol–water partition coefficient (Wildman–Crippen LogP) is 10.4. The Labute approximate surface area is 796 Å². The van der Waals surface area contributed by atoms with Crippen LogP contribution in [0.4, 0.5) is 9.59 Å². The molecule has 4 aromatic carbocycles. The number of benzene rings is 4. The van der Waals surface area contributed by atoms with Gasteiger partial charge in [0, 0.05) is 113 Å². The summed E-state index contributed by atoms with van der Waals surface area (Å²) < 4.78 is 93.9. The summed E-state index contributed by atoms with van der Waals surface area (Å²) in [6.07, 6.45) is 6.95. The van der Waals surface area contributed by atoms with E-state index in [4.69, 9.17) is 80.5 Å². The quantitative estimate of drug-likeness (QED) is 0.00704. The number of alkyl halides is 1. The molecule has 0 spiro atoms. The molecule has 0 unspecified atom stereocenters. The average Bonchev–Trinajstić information content (AvgIpc) is 0.835. The molecule has 2 amide bonds. The summed E-state index contributed by atoms with van der Waals surface area (Å²) in [5.74, 6) is 1.88. The zero-order chi connectivity index (χ0) is 88.8. The van der Waals surface area contributed by atoms with Crippen LogP contribution in [0.3, 0.4) is 0 Å². The van der Waals surface area contributed by atoms with E-state index in [1.54, 1.807) is 28.4 Å². The number of aryl methyl sites for hydroxylation is 1. The molecular weight excluding hydrogens is 1790 g/mol. The largest absolute Gasteiger partial charge is 1.00 e. The standard InChI is InChI=1S/C46H77N3O12Si.C35H58N2O8Si.C6H11BrO2.C2H6.HI.K/c1-45(2,3)60-42(50)33-48(30-37-18-12-14-21-40(37)58-35-55-26-24-53-7)32-39(20-16-17-23-47-44(52)57-28-29-62(9,10)11)49(34-43(51)61-46(4,5)6)31-38-19-13-15-22-41(38)59-36-56-27-25-54-8;1-39-21-23-41-28-44-33-18-8-6-13-30(33)15-12-17-32(16-10-11-20-36-35(38)43-25-26-46(3,4)5)37-27-31-14-7-9-19-34(31)45-29-42-24-22-40-2;1-6(2,3)9-5(8)4-7;1-2;;/h12-15,18-19,21-22,39H,16-17,20,23-36H2,1-11H3,(H,47,52);6-9,13-14,18-19,32,37H,10-12,15-17,20-29H2,1-5H3,(H,36,38);4H2,1-3H3;1-2H3;1H;/q;;;;;+1/p-1/t39-;32-;;;;/m00..../s1. The second kappa shape index (κ2) is 70.9. The Morgan fingerprint density at radius 2 is 0.777 bits per heavy atom. The normalized spacial score (nSPS) is 11.9. The fourth-order valence-electron chi connectivity index (χ4n) is 11.1. The van der Waals surface area contributed by atoms with Gasteiger partial charge in [-0.25, -0.2) is 9.59 Å². The Morgan fingerprint density at radius 1 is 0.430 bits per heavy atom. The molecule has 27 nitrogen and oxygen atoms in total. The van der Waals surface area contributed by atoms with Gasteiger partial charge < -0.3 is 120 Å². The number of esters is 3. The first-order valence-corrected chi connectivity index (χ1v) is 50.4. The molecule has 0 fully saturated rings. The molecule has 0 saturated heterocycles. The van der Waals surface area contributed by atoms with Gasteiger partial charge in [0.25, 0.3) is 0 Å². The molecule has 0 bridgehead atoms. The second-order valence-corrected chi connectivity index (χ2v) is 45.2. The number of unbranched alkanes of at least 4 members (excludes halogenated alkanes) is 2. The molecule has 0 heterocycles. The van der Waals surface area contributed by atoms with Crippen molar-refractivity contribution in [3.05, 3.63) is 119 Å². The van der Waals surface area contributed by atoms with E-state index in [2.05, 4.69) is 88.2 Å². The van der Waals surface area contributed by atoms with Gasteiger partial charge >= 0.3 is 81.5 Å². The van der Waals surface area contributed by atoms with Gasteiger partial charge in [0.1, 0.15) is 45.1 Å². The molecule has 4 aromatic rings. The van der Waals surface area contributed by atoms with Crippen molar-refractivity contribution in [1.82, 2.24) is 25.8 Å². The number of rotatable bonds is 59. The van der Waals surface area contributed by atoms with Gasteiger partial charge in [-0.15, -0.1) is 0 Å². The number of ether oxygens (including phenoxy) is 17. The van der Waals surface area contributed by atoms with Crippen LogP contribution in [-0.4, -0.2) is 245 Å². The van der Waals surface area contributed by atoms with Crippen LogP contribution in [0.25, 0.3) is 0 Å². The summed E-state index contributed by atoms with van der Waals surface area (Å²) in [6, 6.07) is 33.3. The van der Waals surface area contributed by atoms with Crippen LogP contribution < -0.4 is 110 Å². The minimum absolute atomic E-state index is 0. The van der Waals surface area contributed by atoms with Crippen molar-refractivity contribution in [3.63, 3.8) is 0 Å². The van der Waals surface area contributed by atoms with Crippen LogP contribution in [0.15, 0.2) is 97.1 Å². The van der Waals surface area contributed by atoms with E-state index in [1.807, 2.05) is 166 Å². The smallest absolute Gasteiger partial charge is 1.00 e. The molecule has 0 aliphatic carbocycles. The molecule has 0 radical (unpaired) electrons. The third-order valence-electron chi connectivity index (χ3n) is 16.8. The molecule has 4 rings (SSSR count). The number of para-hydroxylation sites is 4. The third kappa shape index (κ3) is 66.9. The Kier molecular flexibility index (Phi) is 69.7. The Bertz CT molecular complexity index is 3310. The molecule has 0 aliphatic rings. The number of alkyl carbamates (subject to hydrolysis) is 2. The van der Waals surface area contributed by atoms with Gasteiger partial charge in [-0.3, -0.25) is 24.2 Å². The van der Waals surface area contributed by atoms with Crippen molar-refractivity contribution < 1.29 is 180 Å². The minimum Gasteiger partial charge on any atom is -1.00 e. The fourth-order valence-corrected chi connectivity index (χ4v) is 12.6. The van der Waals surface area contributed by atoms with E-state index in [0.717, 1.165) is 78.8 Å². The Hall–Kier alpha value is -4.13. The first-order valence-electron chi connectivity index (χ1n) is 41.9. The number of carbonyl (C=O) groups excluding carboxylic acids is 5. The summed E-state index contributed by atoms with van der Waals surface area (Å²) in [5, 5.41) is 9.84. The Morgan fingerprint density at radius 3 is 1.17 bits per heavy atom. The van der Waals surface area contributed by atoms with E-state index in [9.17, 15) is 24.0 Å². The monoisotopic (exact) mass is 1940 g/mol. The van der Waals surface area contributed by atoms with Crippen LogP contribution >= 0.6 is 15.9 Å². The number of hydrogen-bond acceptors (Lipinski definition) is 25. The molecule has 2 atom stereocenters. The fraction of sp³-hybridized carbons (Fsp3) is 0.674. The number of amides is 2. The second-order valence-electron chi connectivity index (χ2n) is 33.4. The summed E-state index contributed by atoms with van der Waals surface area (Å²) in [6.45, 7) is 41.7. The van der Waals surface area contributed by atoms with E-state index < -0.39 is 39.4 Å². The molecule has 688 valence electrons. The van der Waals surface area contributed by atoms with Gasteiger partial charge in [-0.05, 0) is 149 Å². The number of nitrogens with zero attached hydrogens (tertiary/aromatic N) is 2. The molecule has 0 saturated carbocycles. The Balaban J connectivity index is 0. The molecule has 0 aliphatic heterocycles. The van der Waals surface area contributed by atoms with Crippen molar-refractivity contribution in [3.8, 4) is 23.0 Å². The molecule has 0 aromatic heterocycles. The number of methoxy groups -OCH3 is 4. The van der Waals surface area contributed by atoms with Gasteiger partial charge in [-0.2, -0.15) is 0 Å². The van der Waals surface area contributed by atoms with Crippen molar-refractivity contribution >= 4 is 62.2 Å². The number of halogens is 2. The van der Waals surface area contributed by atoms with Crippen molar-refractivity contribution in [1.29, 1.82) is 0 Å². The maximum Gasteiger partial charge on any atom is 1.00 e. The third-order valence-corrected chi connectivity index (χ3v) is 20.7. The van der Waals surface area contributed by atoms with E-state index >= 15 is 0 Å². The molecule has 32 heteroatoms. The van der Waals surface area contributed by atoms with E-state index in [0.29, 0.717) is 142 Å². The van der Waals surface area contributed by atoms with Gasteiger partial charge in [0.15, 0.2) is 27.2 Å². The maximum atomic E-state index is 13.7. The minimum atomic E-state index is -1.35. The first kappa shape index (κ1) is 119. The number of nitrogens with one attached hydrogen (secondary N) is 3. The number of hydrogen-bond donors (Lipinski definition) is 3. The average molecular weight is 1950 g/mol.